The first kappa shape index (κ1) is 35.1. The van der Waals surface area contributed by atoms with Crippen molar-refractivity contribution in [2.45, 2.75) is 32.2 Å². The summed E-state index contributed by atoms with van der Waals surface area (Å²) < 4.78 is 10.8. The van der Waals surface area contributed by atoms with Gasteiger partial charge in [0.1, 0.15) is 6.04 Å². The fraction of sp³-hybridized carbons (Fsp3) is 0.268. The van der Waals surface area contributed by atoms with Crippen LogP contribution in [-0.4, -0.2) is 56.8 Å². The number of nitrogens with zero attached hydrogens (tertiary/aromatic N) is 2. The smallest absolute Gasteiger partial charge is 0.336 e. The Morgan fingerprint density at radius 1 is 0.843 bits per heavy atom. The van der Waals surface area contributed by atoms with E-state index in [0.29, 0.717) is 23.4 Å². The molecule has 10 nitrogen and oxygen atoms in total. The molecule has 0 amide bonds. The van der Waals surface area contributed by atoms with Crippen LogP contribution in [0.2, 0.25) is 0 Å². The van der Waals surface area contributed by atoms with E-state index in [2.05, 4.69) is 95.1 Å². The summed E-state index contributed by atoms with van der Waals surface area (Å²) in [5.41, 5.74) is 6.55. The third-order valence-corrected chi connectivity index (χ3v) is 9.81. The van der Waals surface area contributed by atoms with Gasteiger partial charge < -0.3 is 24.6 Å². The molecule has 0 radical (unpaired) electrons. The molecule has 10 heteroatoms. The van der Waals surface area contributed by atoms with E-state index in [9.17, 15) is 19.7 Å². The Morgan fingerprint density at radius 2 is 1.43 bits per heavy atom. The zero-order chi connectivity index (χ0) is 35.9. The van der Waals surface area contributed by atoms with E-state index >= 15 is 0 Å². The summed E-state index contributed by atoms with van der Waals surface area (Å²) in [7, 11) is 1.26. The van der Waals surface area contributed by atoms with Crippen molar-refractivity contribution in [1.29, 1.82) is 0 Å². The van der Waals surface area contributed by atoms with Crippen LogP contribution >= 0.6 is 0 Å². The Balaban J connectivity index is 1.09. The van der Waals surface area contributed by atoms with Gasteiger partial charge in [0.2, 0.25) is 0 Å². The van der Waals surface area contributed by atoms with Gasteiger partial charge in [0, 0.05) is 46.8 Å². The minimum absolute atomic E-state index is 0.120. The molecule has 2 heterocycles. The highest BCUT2D eigenvalue weighted by atomic mass is 16.6. The van der Waals surface area contributed by atoms with Gasteiger partial charge in [0.05, 0.1) is 61.9 Å². The number of benzene rings is 4. The van der Waals surface area contributed by atoms with Crippen molar-refractivity contribution >= 4 is 23.3 Å². The zero-order valence-electron chi connectivity index (χ0n) is 29.1. The number of methoxy groups -OCH3 is 1. The predicted octanol–water partition coefficient (Wildman–Crippen LogP) is 5.28. The van der Waals surface area contributed by atoms with Crippen molar-refractivity contribution < 1.29 is 28.9 Å². The van der Waals surface area contributed by atoms with Gasteiger partial charge in [-0.15, -0.1) is 0 Å². The van der Waals surface area contributed by atoms with E-state index in [4.69, 9.17) is 9.47 Å². The number of dihydropyridines is 1. The number of nitro benzene ring substituents is 1. The van der Waals surface area contributed by atoms with Crippen molar-refractivity contribution in [3.8, 4) is 0 Å². The number of non-ortho nitro benzene ring substituents is 1. The maximum Gasteiger partial charge on any atom is 0.336 e. The molecule has 0 aromatic heterocycles. The second-order valence-electron chi connectivity index (χ2n) is 12.9. The molecule has 0 spiro atoms. The van der Waals surface area contributed by atoms with E-state index in [1.165, 1.54) is 36.4 Å². The first-order valence-corrected chi connectivity index (χ1v) is 17.2. The van der Waals surface area contributed by atoms with Crippen molar-refractivity contribution in [3.63, 3.8) is 0 Å². The molecular weight excluding hydrogens is 644 g/mol. The largest absolute Gasteiger partial charge is 0.466 e. The highest BCUT2D eigenvalue weighted by Gasteiger charge is 2.38. The molecule has 262 valence electrons. The van der Waals surface area contributed by atoms with Crippen molar-refractivity contribution in [2.24, 2.45) is 0 Å². The summed E-state index contributed by atoms with van der Waals surface area (Å²) in [6.07, 6.45) is 0.500. The maximum atomic E-state index is 13.6. The number of nitro groups is 1. The van der Waals surface area contributed by atoms with Gasteiger partial charge >= 0.3 is 11.9 Å². The van der Waals surface area contributed by atoms with Crippen LogP contribution in [0.1, 0.15) is 48.1 Å². The Labute approximate surface area is 298 Å². The fourth-order valence-corrected chi connectivity index (χ4v) is 7.30. The number of nitrogens with one attached hydrogen (secondary N) is 2. The number of ether oxygens (including phenoxy) is 2. The number of rotatable bonds is 11. The Kier molecular flexibility index (Phi) is 10.9. The predicted molar refractivity (Wildman–Crippen MR) is 195 cm³/mol. The van der Waals surface area contributed by atoms with Crippen LogP contribution in [-0.2, 0) is 25.5 Å². The number of anilines is 1. The summed E-state index contributed by atoms with van der Waals surface area (Å²) in [6, 6.07) is 36.1. The SMILES string of the molecule is COC(=O)C1=C(C)NC(C)=C(C(=O)OCCc2ccc(N3CC[NH+](C(c4ccccc4)c4ccccc4)CC3)cc2)C1c1cccc([N+](=O)[O-])c1. The number of hydrogen-bond acceptors (Lipinski definition) is 8. The molecule has 2 N–H and O–H groups in total. The van der Waals surface area contributed by atoms with Gasteiger partial charge in [0.15, 0.2) is 0 Å². The Hall–Kier alpha value is -5.74. The number of carbonyl (C=O) groups excluding carboxylic acids is 2. The summed E-state index contributed by atoms with van der Waals surface area (Å²) in [5.74, 6) is -2.14. The first-order chi connectivity index (χ1) is 24.7. The average molecular weight is 688 g/mol. The topological polar surface area (TPSA) is 115 Å². The molecule has 51 heavy (non-hydrogen) atoms. The van der Waals surface area contributed by atoms with E-state index in [1.807, 2.05) is 0 Å². The molecule has 0 aliphatic carbocycles. The number of carbonyl (C=O) groups is 2. The third-order valence-electron chi connectivity index (χ3n) is 9.81. The number of quaternary nitrogens is 1. The molecule has 1 unspecified atom stereocenters. The molecule has 1 fully saturated rings. The molecule has 4 aromatic carbocycles. The summed E-state index contributed by atoms with van der Waals surface area (Å²) >= 11 is 0. The minimum atomic E-state index is -0.900. The van der Waals surface area contributed by atoms with Crippen LogP contribution in [0.15, 0.2) is 132 Å². The number of allylic oxidation sites excluding steroid dienone is 2. The molecule has 1 atom stereocenters. The lowest BCUT2D eigenvalue weighted by Gasteiger charge is -2.38. The van der Waals surface area contributed by atoms with Crippen LogP contribution < -0.4 is 15.1 Å². The summed E-state index contributed by atoms with van der Waals surface area (Å²) in [5, 5.41) is 14.7. The van der Waals surface area contributed by atoms with E-state index in [0.717, 1.165) is 37.4 Å². The Morgan fingerprint density at radius 3 is 2.00 bits per heavy atom. The monoisotopic (exact) mass is 687 g/mol. The zero-order valence-corrected chi connectivity index (χ0v) is 29.1. The average Bonchev–Trinajstić information content (AvgIpc) is 3.16. The standard InChI is InChI=1S/C41H42N4O6/c1-28-36(40(46)50-3)38(33-15-10-16-35(27-33)45(48)49)37(29(2)42-28)41(47)51-26-21-30-17-19-34(20-18-30)43-22-24-44(25-23-43)39(31-11-6-4-7-12-31)32-13-8-5-9-14-32/h4-20,27,38-39,42H,21-26H2,1-3H3/p+1. The maximum absolute atomic E-state index is 13.6. The van der Waals surface area contributed by atoms with Gasteiger partial charge in [-0.3, -0.25) is 10.1 Å². The molecule has 2 aliphatic heterocycles. The lowest BCUT2D eigenvalue weighted by Crippen LogP contribution is -3.15. The fourth-order valence-electron chi connectivity index (χ4n) is 7.30. The lowest BCUT2D eigenvalue weighted by atomic mass is 9.80. The van der Waals surface area contributed by atoms with Crippen LogP contribution in [0.3, 0.4) is 0 Å². The van der Waals surface area contributed by atoms with Gasteiger partial charge in [0.25, 0.3) is 5.69 Å². The summed E-state index contributed by atoms with van der Waals surface area (Å²) in [6.45, 7) is 7.47. The quantitative estimate of drug-likeness (QED) is 0.124. The first-order valence-electron chi connectivity index (χ1n) is 17.2. The van der Waals surface area contributed by atoms with Gasteiger partial charge in [-0.05, 0) is 37.1 Å². The van der Waals surface area contributed by atoms with E-state index in [-0.39, 0.29) is 29.5 Å². The highest BCUT2D eigenvalue weighted by molar-refractivity contribution is 5.99. The molecule has 0 bridgehead atoms. The minimum Gasteiger partial charge on any atom is -0.466 e. The van der Waals surface area contributed by atoms with Crippen LogP contribution in [0.25, 0.3) is 0 Å². The van der Waals surface area contributed by atoms with Gasteiger partial charge in [-0.1, -0.05) is 84.9 Å². The lowest BCUT2D eigenvalue weighted by molar-refractivity contribution is -0.926. The van der Waals surface area contributed by atoms with Gasteiger partial charge in [-0.25, -0.2) is 9.59 Å². The number of hydrogen-bond donors (Lipinski definition) is 2. The van der Waals surface area contributed by atoms with Crippen molar-refractivity contribution in [1.82, 2.24) is 5.32 Å². The molecule has 6 rings (SSSR count). The number of piperazine rings is 1. The number of esters is 2. The third kappa shape index (κ3) is 7.86. The van der Waals surface area contributed by atoms with Crippen LogP contribution in [0.4, 0.5) is 11.4 Å². The van der Waals surface area contributed by atoms with Gasteiger partial charge in [-0.2, -0.15) is 0 Å². The van der Waals surface area contributed by atoms with Crippen LogP contribution in [0.5, 0.6) is 0 Å². The van der Waals surface area contributed by atoms with Crippen LogP contribution in [0, 0.1) is 10.1 Å². The van der Waals surface area contributed by atoms with Crippen molar-refractivity contribution in [2.75, 3.05) is 44.8 Å². The van der Waals surface area contributed by atoms with Crippen molar-refractivity contribution in [3.05, 3.63) is 164 Å². The summed E-state index contributed by atoms with van der Waals surface area (Å²) in [4.78, 5) is 41.6. The second-order valence-corrected chi connectivity index (χ2v) is 12.9. The highest BCUT2D eigenvalue weighted by Crippen LogP contribution is 2.40. The normalized spacial score (nSPS) is 16.5. The van der Waals surface area contributed by atoms with E-state index < -0.39 is 22.8 Å². The molecule has 4 aromatic rings. The second kappa shape index (κ2) is 15.9. The molecule has 2 aliphatic rings. The Bertz CT molecular complexity index is 1890. The molecule has 0 saturated carbocycles. The van der Waals surface area contributed by atoms with E-state index in [1.54, 1.807) is 24.8 Å². The molecule has 1 saturated heterocycles. The molecular formula is C41H43N4O6+.